The van der Waals surface area contributed by atoms with E-state index >= 15 is 0 Å². The Kier molecular flexibility index (Phi) is 3.06. The summed E-state index contributed by atoms with van der Waals surface area (Å²) in [7, 11) is 0. The number of nitrogens with zero attached hydrogens (tertiary/aromatic N) is 2. The van der Waals surface area contributed by atoms with Crippen molar-refractivity contribution in [3.8, 4) is 0 Å². The van der Waals surface area contributed by atoms with Gasteiger partial charge in [-0.2, -0.15) is 0 Å². The smallest absolute Gasteiger partial charge is 0.227 e. The van der Waals surface area contributed by atoms with Crippen LogP contribution in [0.4, 0.5) is 5.69 Å². The van der Waals surface area contributed by atoms with E-state index in [-0.39, 0.29) is 5.91 Å². The third kappa shape index (κ3) is 2.13. The van der Waals surface area contributed by atoms with Crippen molar-refractivity contribution < 1.29 is 4.79 Å². The molecule has 1 aromatic heterocycles. The zero-order chi connectivity index (χ0) is 12.5. The molecular weight excluding hydrogens is 268 g/mol. The largest absolute Gasteiger partial charge is 0.307 e. The molecule has 0 unspecified atom stereocenters. The lowest BCUT2D eigenvalue weighted by Crippen LogP contribution is -2.34. The van der Waals surface area contributed by atoms with Crippen molar-refractivity contribution in [3.05, 3.63) is 45.4 Å². The Morgan fingerprint density at radius 2 is 2.17 bits per heavy atom. The highest BCUT2D eigenvalue weighted by Crippen LogP contribution is 2.30. The van der Waals surface area contributed by atoms with Gasteiger partial charge in [-0.15, -0.1) is 11.3 Å². The maximum absolute atomic E-state index is 12.0. The van der Waals surface area contributed by atoms with Crippen molar-refractivity contribution in [2.24, 2.45) is 0 Å². The number of carbonyl (C=O) groups excluding carboxylic acids is 1. The summed E-state index contributed by atoms with van der Waals surface area (Å²) in [6.45, 7) is 0.556. The van der Waals surface area contributed by atoms with Gasteiger partial charge in [-0.05, 0) is 18.1 Å². The first-order chi connectivity index (χ1) is 8.74. The lowest BCUT2D eigenvalue weighted by Gasteiger charge is -2.28. The van der Waals surface area contributed by atoms with Gasteiger partial charge in [0.2, 0.25) is 5.91 Å². The highest BCUT2D eigenvalue weighted by atomic mass is 35.5. The molecule has 2 aromatic rings. The SMILES string of the molecule is O=C1CCc2ccccc2N1Cc1cnc(Cl)s1. The van der Waals surface area contributed by atoms with Crippen LogP contribution in [0.3, 0.4) is 0 Å². The summed E-state index contributed by atoms with van der Waals surface area (Å²) in [5, 5.41) is 0. The van der Waals surface area contributed by atoms with Crippen LogP contribution in [0.15, 0.2) is 30.5 Å². The minimum absolute atomic E-state index is 0.165. The molecule has 0 radical (unpaired) electrons. The second kappa shape index (κ2) is 4.71. The third-order valence-corrected chi connectivity index (χ3v) is 4.13. The number of benzene rings is 1. The molecule has 5 heteroatoms. The van der Waals surface area contributed by atoms with Gasteiger partial charge in [0.15, 0.2) is 4.47 Å². The van der Waals surface area contributed by atoms with Gasteiger partial charge < -0.3 is 4.90 Å². The lowest BCUT2D eigenvalue weighted by molar-refractivity contribution is -0.119. The first kappa shape index (κ1) is 11.7. The summed E-state index contributed by atoms with van der Waals surface area (Å²) in [6.07, 6.45) is 3.13. The van der Waals surface area contributed by atoms with Crippen LogP contribution in [0, 0.1) is 0 Å². The highest BCUT2D eigenvalue weighted by molar-refractivity contribution is 7.15. The van der Waals surface area contributed by atoms with Crippen LogP contribution in [0.2, 0.25) is 4.47 Å². The first-order valence-electron chi connectivity index (χ1n) is 5.72. The van der Waals surface area contributed by atoms with Gasteiger partial charge in [0, 0.05) is 23.2 Å². The monoisotopic (exact) mass is 278 g/mol. The fraction of sp³-hybridized carbons (Fsp3) is 0.231. The number of hydrogen-bond acceptors (Lipinski definition) is 3. The Morgan fingerprint density at radius 3 is 2.94 bits per heavy atom. The number of halogens is 1. The molecule has 92 valence electrons. The van der Waals surface area contributed by atoms with E-state index in [0.717, 1.165) is 17.0 Å². The molecule has 0 saturated heterocycles. The van der Waals surface area contributed by atoms with Gasteiger partial charge in [0.05, 0.1) is 6.54 Å². The van der Waals surface area contributed by atoms with Crippen LogP contribution in [0.1, 0.15) is 16.9 Å². The second-order valence-electron chi connectivity index (χ2n) is 4.19. The van der Waals surface area contributed by atoms with E-state index in [1.165, 1.54) is 16.9 Å². The van der Waals surface area contributed by atoms with Gasteiger partial charge in [-0.25, -0.2) is 4.98 Å². The number of thiazole rings is 1. The van der Waals surface area contributed by atoms with Gasteiger partial charge in [-0.1, -0.05) is 29.8 Å². The molecule has 2 heterocycles. The first-order valence-corrected chi connectivity index (χ1v) is 6.92. The molecule has 1 aromatic carbocycles. The molecule has 1 aliphatic heterocycles. The van der Waals surface area contributed by atoms with Crippen LogP contribution in [-0.2, 0) is 17.8 Å². The predicted molar refractivity (Wildman–Crippen MR) is 73.1 cm³/mol. The molecule has 1 amide bonds. The summed E-state index contributed by atoms with van der Waals surface area (Å²) in [6, 6.07) is 8.05. The molecule has 18 heavy (non-hydrogen) atoms. The molecule has 3 nitrogen and oxygen atoms in total. The molecule has 0 N–H and O–H groups in total. The number of carbonyl (C=O) groups is 1. The molecule has 0 bridgehead atoms. The Bertz CT molecular complexity index is 596. The number of rotatable bonds is 2. The van der Waals surface area contributed by atoms with E-state index < -0.39 is 0 Å². The predicted octanol–water partition coefficient (Wildman–Crippen LogP) is 3.28. The zero-order valence-corrected chi connectivity index (χ0v) is 11.2. The van der Waals surface area contributed by atoms with Crippen LogP contribution >= 0.6 is 22.9 Å². The van der Waals surface area contributed by atoms with Crippen molar-refractivity contribution in [2.75, 3.05) is 4.90 Å². The summed E-state index contributed by atoms with van der Waals surface area (Å²) >= 11 is 7.24. The molecule has 0 spiro atoms. The number of fused-ring (bicyclic) bond motifs is 1. The number of anilines is 1. The number of aryl methyl sites for hydroxylation is 1. The topological polar surface area (TPSA) is 33.2 Å². The molecule has 3 rings (SSSR count). The average molecular weight is 279 g/mol. The summed E-state index contributed by atoms with van der Waals surface area (Å²) in [5.74, 6) is 0.165. The van der Waals surface area contributed by atoms with Crippen LogP contribution < -0.4 is 4.90 Å². The third-order valence-electron chi connectivity index (χ3n) is 3.03. The van der Waals surface area contributed by atoms with Crippen molar-refractivity contribution in [3.63, 3.8) is 0 Å². The van der Waals surface area contributed by atoms with Gasteiger partial charge in [0.25, 0.3) is 0 Å². The molecule has 0 saturated carbocycles. The average Bonchev–Trinajstić information content (AvgIpc) is 2.79. The van der Waals surface area contributed by atoms with Crippen LogP contribution in [0.5, 0.6) is 0 Å². The number of amides is 1. The number of hydrogen-bond donors (Lipinski definition) is 0. The van der Waals surface area contributed by atoms with Crippen LogP contribution in [-0.4, -0.2) is 10.9 Å². The summed E-state index contributed by atoms with van der Waals surface area (Å²) in [4.78, 5) is 18.9. The Hall–Kier alpha value is -1.39. The lowest BCUT2D eigenvalue weighted by atomic mass is 10.0. The number of para-hydroxylation sites is 1. The molecular formula is C13H11ClN2OS. The number of aromatic nitrogens is 1. The molecule has 1 aliphatic rings. The van der Waals surface area contributed by atoms with E-state index in [1.54, 1.807) is 6.20 Å². The van der Waals surface area contributed by atoms with Crippen molar-refractivity contribution in [1.82, 2.24) is 4.98 Å². The van der Waals surface area contributed by atoms with Gasteiger partial charge in [-0.3, -0.25) is 4.79 Å². The van der Waals surface area contributed by atoms with Crippen molar-refractivity contribution in [2.45, 2.75) is 19.4 Å². The maximum atomic E-state index is 12.0. The van der Waals surface area contributed by atoms with Crippen molar-refractivity contribution >= 4 is 34.5 Å². The standard InChI is InChI=1S/C13H11ClN2OS/c14-13-15-7-10(18-13)8-16-11-4-2-1-3-9(11)5-6-12(16)17/h1-4,7H,5-6,8H2. The molecule has 0 atom stereocenters. The van der Waals surface area contributed by atoms with E-state index in [1.807, 2.05) is 23.1 Å². The quantitative estimate of drug-likeness (QED) is 0.845. The van der Waals surface area contributed by atoms with E-state index in [0.29, 0.717) is 17.4 Å². The molecule has 0 aliphatic carbocycles. The minimum Gasteiger partial charge on any atom is -0.307 e. The fourth-order valence-electron chi connectivity index (χ4n) is 2.18. The van der Waals surface area contributed by atoms with Gasteiger partial charge >= 0.3 is 0 Å². The Balaban J connectivity index is 1.93. The normalized spacial score (nSPS) is 14.7. The van der Waals surface area contributed by atoms with Crippen LogP contribution in [0.25, 0.3) is 0 Å². The summed E-state index contributed by atoms with van der Waals surface area (Å²) < 4.78 is 0.516. The van der Waals surface area contributed by atoms with E-state index in [4.69, 9.17) is 11.6 Å². The second-order valence-corrected chi connectivity index (χ2v) is 5.89. The Labute approximate surface area is 114 Å². The van der Waals surface area contributed by atoms with Crippen molar-refractivity contribution in [1.29, 1.82) is 0 Å². The van der Waals surface area contributed by atoms with E-state index in [9.17, 15) is 4.79 Å². The van der Waals surface area contributed by atoms with Gasteiger partial charge in [0.1, 0.15) is 0 Å². The zero-order valence-electron chi connectivity index (χ0n) is 9.60. The summed E-state index contributed by atoms with van der Waals surface area (Å²) in [5.41, 5.74) is 2.24. The van der Waals surface area contributed by atoms with E-state index in [2.05, 4.69) is 11.1 Å². The highest BCUT2D eigenvalue weighted by Gasteiger charge is 2.24. The fourth-order valence-corrected chi connectivity index (χ4v) is 3.15. The molecule has 0 fully saturated rings. The maximum Gasteiger partial charge on any atom is 0.227 e. The minimum atomic E-state index is 0.165. The Morgan fingerprint density at radius 1 is 1.33 bits per heavy atom.